The van der Waals surface area contributed by atoms with Crippen molar-refractivity contribution < 1.29 is 66.9 Å². The molecule has 0 aliphatic carbocycles. The molecule has 3 aromatic carbocycles. The first-order valence-corrected chi connectivity index (χ1v) is 11.5. The van der Waals surface area contributed by atoms with E-state index in [4.69, 9.17) is 4.74 Å². The number of aliphatic hydroxyl groups excluding tert-OH is 1. The fraction of sp³-hybridized carbons (Fsp3) is 0.308. The fourth-order valence-electron chi connectivity index (χ4n) is 3.62. The maximum Gasteiger partial charge on any atom is 0.458 e. The Kier molecular flexibility index (Phi) is 9.01. The molecule has 0 bridgehead atoms. The molecule has 0 spiro atoms. The molecule has 0 radical (unpaired) electrons. The van der Waals surface area contributed by atoms with Crippen molar-refractivity contribution >= 4 is 5.69 Å². The molecule has 42 heavy (non-hydrogen) atoms. The van der Waals surface area contributed by atoms with Gasteiger partial charge in [-0.05, 0) is 35.9 Å². The van der Waals surface area contributed by atoms with Crippen LogP contribution in [0.15, 0.2) is 72.8 Å². The fourth-order valence-corrected chi connectivity index (χ4v) is 3.62. The van der Waals surface area contributed by atoms with Gasteiger partial charge < -0.3 is 14.7 Å². The average molecular weight is 623 g/mol. The summed E-state index contributed by atoms with van der Waals surface area (Å²) >= 11 is 0. The quantitative estimate of drug-likeness (QED) is 0.242. The molecule has 1 atom stereocenters. The standard InChI is InChI=1S/C26H18F13NO2/c27-22(28,25(34,35)36)16-5-1-4-15(10-16)13-40(14-21(41)24(31,32)33)18-7-3-9-20(12-18)42-19-8-2-6-17(11-19)23(29,30)26(37,38)39/h1-12,21,41H,13-14H2/t21-/m1/s1. The molecule has 3 rings (SSSR count). The number of benzene rings is 3. The summed E-state index contributed by atoms with van der Waals surface area (Å²) in [5.74, 6) is -11.3. The zero-order valence-electron chi connectivity index (χ0n) is 20.6. The Morgan fingerprint density at radius 2 is 1.10 bits per heavy atom. The number of ether oxygens (including phenoxy) is 1. The van der Waals surface area contributed by atoms with E-state index in [0.717, 1.165) is 47.4 Å². The number of hydrogen-bond donors (Lipinski definition) is 1. The molecule has 230 valence electrons. The molecule has 0 amide bonds. The van der Waals surface area contributed by atoms with Crippen molar-refractivity contribution in [1.29, 1.82) is 0 Å². The SMILES string of the molecule is O[C@H](CN(Cc1cccc(C(F)(F)C(F)(F)F)c1)c1cccc(Oc2cccc(C(F)(F)C(F)(F)F)c2)c1)C(F)(F)F. The maximum atomic E-state index is 13.8. The number of anilines is 1. The van der Waals surface area contributed by atoms with Crippen LogP contribution in [0.2, 0.25) is 0 Å². The van der Waals surface area contributed by atoms with Crippen LogP contribution >= 0.6 is 0 Å². The molecule has 0 aliphatic rings. The van der Waals surface area contributed by atoms with Crippen molar-refractivity contribution in [3.63, 3.8) is 0 Å². The minimum atomic E-state index is -5.97. The molecule has 3 nitrogen and oxygen atoms in total. The summed E-state index contributed by atoms with van der Waals surface area (Å²) in [4.78, 5) is 0.768. The van der Waals surface area contributed by atoms with E-state index in [1.807, 2.05) is 0 Å². The first-order chi connectivity index (χ1) is 19.1. The predicted molar refractivity (Wildman–Crippen MR) is 122 cm³/mol. The Labute approximate surface area is 228 Å². The number of alkyl halides is 13. The number of hydrogen-bond acceptors (Lipinski definition) is 3. The number of aliphatic hydroxyl groups is 1. The lowest BCUT2D eigenvalue weighted by molar-refractivity contribution is -0.289. The van der Waals surface area contributed by atoms with E-state index in [-0.39, 0.29) is 17.0 Å². The molecule has 0 unspecified atom stereocenters. The summed E-state index contributed by atoms with van der Waals surface area (Å²) in [6.07, 6.45) is -20.1. The Bertz CT molecular complexity index is 1370. The molecule has 0 saturated carbocycles. The van der Waals surface area contributed by atoms with Crippen molar-refractivity contribution in [3.8, 4) is 11.5 Å². The van der Waals surface area contributed by atoms with Gasteiger partial charge in [-0.3, -0.25) is 0 Å². The van der Waals surface area contributed by atoms with Gasteiger partial charge in [0.25, 0.3) is 0 Å². The van der Waals surface area contributed by atoms with Gasteiger partial charge in [-0.25, -0.2) is 0 Å². The summed E-state index contributed by atoms with van der Waals surface area (Å²) in [7, 11) is 0. The maximum absolute atomic E-state index is 13.8. The summed E-state index contributed by atoms with van der Waals surface area (Å²) in [5.41, 5.74) is -3.47. The normalized spacial score (nSPS) is 14.0. The van der Waals surface area contributed by atoms with Gasteiger partial charge in [0.2, 0.25) is 0 Å². The third-order valence-corrected chi connectivity index (χ3v) is 5.76. The first kappa shape index (κ1) is 32.8. The second-order valence-corrected chi connectivity index (χ2v) is 8.91. The molecule has 0 aromatic heterocycles. The lowest BCUT2D eigenvalue weighted by atomic mass is 10.0. The highest BCUT2D eigenvalue weighted by Gasteiger charge is 2.59. The molecule has 0 fully saturated rings. The Morgan fingerprint density at radius 3 is 1.62 bits per heavy atom. The highest BCUT2D eigenvalue weighted by molar-refractivity contribution is 5.52. The molecular weight excluding hydrogens is 605 g/mol. The molecular formula is C26H18F13NO2. The minimum Gasteiger partial charge on any atom is -0.457 e. The van der Waals surface area contributed by atoms with Crippen LogP contribution in [0, 0.1) is 0 Å². The van der Waals surface area contributed by atoms with E-state index >= 15 is 0 Å². The van der Waals surface area contributed by atoms with Crippen molar-refractivity contribution in [2.75, 3.05) is 11.4 Å². The Balaban J connectivity index is 1.96. The van der Waals surface area contributed by atoms with Crippen molar-refractivity contribution in [2.45, 2.75) is 43.0 Å². The summed E-state index contributed by atoms with van der Waals surface area (Å²) in [5, 5.41) is 9.63. The van der Waals surface area contributed by atoms with Crippen LogP contribution in [0.5, 0.6) is 11.5 Å². The number of halogens is 13. The number of rotatable bonds is 9. The van der Waals surface area contributed by atoms with Gasteiger partial charge in [0.05, 0.1) is 6.54 Å². The minimum absolute atomic E-state index is 0.208. The molecule has 16 heteroatoms. The number of nitrogens with zero attached hydrogens (tertiary/aromatic N) is 1. The summed E-state index contributed by atoms with van der Waals surface area (Å²) in [6, 6.07) is 9.96. The zero-order valence-corrected chi connectivity index (χ0v) is 20.6. The second kappa shape index (κ2) is 11.5. The van der Waals surface area contributed by atoms with E-state index in [0.29, 0.717) is 24.3 Å². The van der Waals surface area contributed by atoms with Gasteiger partial charge in [0, 0.05) is 29.4 Å². The van der Waals surface area contributed by atoms with Crippen LogP contribution in [0.4, 0.5) is 62.8 Å². The molecule has 0 heterocycles. The zero-order chi connectivity index (χ0) is 31.7. The van der Waals surface area contributed by atoms with E-state index in [1.165, 1.54) is 6.07 Å². The van der Waals surface area contributed by atoms with Crippen LogP contribution in [0.25, 0.3) is 0 Å². The van der Waals surface area contributed by atoms with Gasteiger partial charge >= 0.3 is 30.4 Å². The van der Waals surface area contributed by atoms with Gasteiger partial charge in [0.15, 0.2) is 6.10 Å². The molecule has 0 saturated heterocycles. The Hall–Kier alpha value is -3.69. The van der Waals surface area contributed by atoms with Crippen LogP contribution in [0.1, 0.15) is 16.7 Å². The van der Waals surface area contributed by atoms with Crippen molar-refractivity contribution in [1.82, 2.24) is 0 Å². The van der Waals surface area contributed by atoms with E-state index in [2.05, 4.69) is 0 Å². The van der Waals surface area contributed by atoms with Gasteiger partial charge in [-0.15, -0.1) is 0 Å². The third-order valence-electron chi connectivity index (χ3n) is 5.76. The molecule has 1 N–H and O–H groups in total. The molecule has 0 aliphatic heterocycles. The lowest BCUT2D eigenvalue weighted by Crippen LogP contribution is -2.41. The van der Waals surface area contributed by atoms with Gasteiger partial charge in [0.1, 0.15) is 11.5 Å². The summed E-state index contributed by atoms with van der Waals surface area (Å²) in [6.45, 7) is -1.97. The van der Waals surface area contributed by atoms with Crippen molar-refractivity contribution in [3.05, 3.63) is 89.5 Å². The van der Waals surface area contributed by atoms with Crippen LogP contribution in [0.3, 0.4) is 0 Å². The topological polar surface area (TPSA) is 32.7 Å². The third kappa shape index (κ3) is 7.38. The smallest absolute Gasteiger partial charge is 0.457 e. The van der Waals surface area contributed by atoms with Gasteiger partial charge in [-0.1, -0.05) is 36.4 Å². The molecule has 3 aromatic rings. The summed E-state index contributed by atoms with van der Waals surface area (Å²) < 4.78 is 177. The van der Waals surface area contributed by atoms with E-state index in [9.17, 15) is 62.2 Å². The largest absolute Gasteiger partial charge is 0.458 e. The average Bonchev–Trinajstić information content (AvgIpc) is 2.87. The van der Waals surface area contributed by atoms with Crippen LogP contribution in [-0.2, 0) is 18.4 Å². The van der Waals surface area contributed by atoms with E-state index < -0.39 is 66.4 Å². The Morgan fingerprint density at radius 1 is 0.619 bits per heavy atom. The second-order valence-electron chi connectivity index (χ2n) is 8.91. The van der Waals surface area contributed by atoms with E-state index in [1.54, 1.807) is 0 Å². The predicted octanol–water partition coefficient (Wildman–Crippen LogP) is 8.72. The van der Waals surface area contributed by atoms with Crippen LogP contribution in [-0.4, -0.2) is 36.3 Å². The van der Waals surface area contributed by atoms with Crippen LogP contribution < -0.4 is 9.64 Å². The lowest BCUT2D eigenvalue weighted by Gasteiger charge is -2.29. The van der Waals surface area contributed by atoms with Crippen molar-refractivity contribution in [2.24, 2.45) is 0 Å². The van der Waals surface area contributed by atoms with Gasteiger partial charge in [-0.2, -0.15) is 57.1 Å². The monoisotopic (exact) mass is 623 g/mol. The highest BCUT2D eigenvalue weighted by atomic mass is 19.4. The highest BCUT2D eigenvalue weighted by Crippen LogP contribution is 2.45. The first-order valence-electron chi connectivity index (χ1n) is 11.5.